The number of hydrogen-bond donors (Lipinski definition) is 1. The molecule has 2 unspecified atom stereocenters. The van der Waals surface area contributed by atoms with Crippen molar-refractivity contribution in [1.29, 1.82) is 0 Å². The quantitative estimate of drug-likeness (QED) is 0.760. The SMILES string of the molecule is CC1NC(=S)SC1c1ccc(Cl)cc1. The van der Waals surface area contributed by atoms with Crippen molar-refractivity contribution in [2.75, 3.05) is 0 Å². The summed E-state index contributed by atoms with van der Waals surface area (Å²) in [5.41, 5.74) is 1.28. The van der Waals surface area contributed by atoms with Crippen LogP contribution in [0.15, 0.2) is 24.3 Å². The summed E-state index contributed by atoms with van der Waals surface area (Å²) >= 11 is 12.7. The highest BCUT2D eigenvalue weighted by Crippen LogP contribution is 2.37. The van der Waals surface area contributed by atoms with E-state index in [-0.39, 0.29) is 0 Å². The molecule has 4 heteroatoms. The first kappa shape index (κ1) is 10.3. The molecule has 14 heavy (non-hydrogen) atoms. The molecule has 0 radical (unpaired) electrons. The van der Waals surface area contributed by atoms with E-state index in [1.165, 1.54) is 5.56 Å². The third-order valence-corrected chi connectivity index (χ3v) is 4.16. The zero-order valence-corrected chi connectivity index (χ0v) is 10.0. The van der Waals surface area contributed by atoms with E-state index in [1.54, 1.807) is 11.8 Å². The number of nitrogens with one attached hydrogen (secondary N) is 1. The van der Waals surface area contributed by atoms with Gasteiger partial charge >= 0.3 is 0 Å². The number of halogens is 1. The summed E-state index contributed by atoms with van der Waals surface area (Å²) in [6.07, 6.45) is 0. The van der Waals surface area contributed by atoms with Gasteiger partial charge in [0.15, 0.2) is 0 Å². The third-order valence-electron chi connectivity index (χ3n) is 2.23. The van der Waals surface area contributed by atoms with Crippen molar-refractivity contribution < 1.29 is 0 Å². The summed E-state index contributed by atoms with van der Waals surface area (Å²) in [5.74, 6) is 0. The second-order valence-electron chi connectivity index (χ2n) is 3.31. The largest absolute Gasteiger partial charge is 0.367 e. The lowest BCUT2D eigenvalue weighted by Gasteiger charge is -2.13. The van der Waals surface area contributed by atoms with Gasteiger partial charge in [0.25, 0.3) is 0 Å². The lowest BCUT2D eigenvalue weighted by Crippen LogP contribution is -2.23. The molecule has 1 aliphatic heterocycles. The first-order valence-electron chi connectivity index (χ1n) is 4.39. The number of benzene rings is 1. The molecule has 0 aromatic heterocycles. The van der Waals surface area contributed by atoms with Crippen LogP contribution in [0.25, 0.3) is 0 Å². The van der Waals surface area contributed by atoms with Gasteiger partial charge in [0.05, 0.1) is 5.25 Å². The van der Waals surface area contributed by atoms with Crippen LogP contribution in [0.5, 0.6) is 0 Å². The Morgan fingerprint density at radius 2 is 2.00 bits per heavy atom. The standard InChI is InChI=1S/C10H10ClNS2/c1-6-9(14-10(13)12-6)7-2-4-8(11)5-3-7/h2-6,9H,1H3,(H,12,13). The first-order chi connectivity index (χ1) is 6.66. The van der Waals surface area contributed by atoms with Crippen molar-refractivity contribution in [3.05, 3.63) is 34.9 Å². The molecular formula is C10H10ClNS2. The van der Waals surface area contributed by atoms with Crippen molar-refractivity contribution in [3.63, 3.8) is 0 Å². The van der Waals surface area contributed by atoms with Crippen molar-refractivity contribution in [2.24, 2.45) is 0 Å². The van der Waals surface area contributed by atoms with Gasteiger partial charge in [0, 0.05) is 11.1 Å². The average molecular weight is 244 g/mol. The van der Waals surface area contributed by atoms with E-state index in [1.807, 2.05) is 12.1 Å². The Kier molecular flexibility index (Phi) is 3.00. The van der Waals surface area contributed by atoms with Crippen molar-refractivity contribution in [1.82, 2.24) is 5.32 Å². The molecule has 0 amide bonds. The highest BCUT2D eigenvalue weighted by Gasteiger charge is 2.28. The second kappa shape index (κ2) is 4.09. The zero-order chi connectivity index (χ0) is 10.1. The molecule has 2 rings (SSSR count). The van der Waals surface area contributed by atoms with Gasteiger partial charge in [-0.15, -0.1) is 0 Å². The topological polar surface area (TPSA) is 12.0 Å². The van der Waals surface area contributed by atoms with Gasteiger partial charge in [-0.25, -0.2) is 0 Å². The van der Waals surface area contributed by atoms with Crippen LogP contribution in [0.4, 0.5) is 0 Å². The van der Waals surface area contributed by atoms with Crippen LogP contribution < -0.4 is 5.32 Å². The van der Waals surface area contributed by atoms with Gasteiger partial charge in [-0.2, -0.15) is 0 Å². The Morgan fingerprint density at radius 1 is 1.36 bits per heavy atom. The van der Waals surface area contributed by atoms with Gasteiger partial charge in [0.1, 0.15) is 4.32 Å². The van der Waals surface area contributed by atoms with Gasteiger partial charge < -0.3 is 5.32 Å². The van der Waals surface area contributed by atoms with Gasteiger partial charge in [-0.1, -0.05) is 47.7 Å². The molecule has 1 nitrogen and oxygen atoms in total. The molecule has 0 bridgehead atoms. The maximum Gasteiger partial charge on any atom is 0.134 e. The lowest BCUT2D eigenvalue weighted by atomic mass is 10.1. The molecule has 74 valence electrons. The predicted octanol–water partition coefficient (Wildman–Crippen LogP) is 3.39. The third kappa shape index (κ3) is 2.05. The van der Waals surface area contributed by atoms with Crippen LogP contribution in [0.3, 0.4) is 0 Å². The second-order valence-corrected chi connectivity index (χ2v) is 5.57. The molecule has 1 N–H and O–H groups in total. The molecule has 1 heterocycles. The molecule has 2 atom stereocenters. The highest BCUT2D eigenvalue weighted by atomic mass is 35.5. The van der Waals surface area contributed by atoms with E-state index in [0.717, 1.165) is 9.34 Å². The number of thioether (sulfide) groups is 1. The average Bonchev–Trinajstić information content (AvgIpc) is 2.47. The van der Waals surface area contributed by atoms with E-state index in [9.17, 15) is 0 Å². The summed E-state index contributed by atoms with van der Waals surface area (Å²) in [6, 6.07) is 8.36. The van der Waals surface area contributed by atoms with E-state index in [2.05, 4.69) is 24.4 Å². The van der Waals surface area contributed by atoms with Crippen LogP contribution in [0.2, 0.25) is 5.02 Å². The van der Waals surface area contributed by atoms with Gasteiger partial charge in [-0.05, 0) is 24.6 Å². The Morgan fingerprint density at radius 3 is 2.50 bits per heavy atom. The molecule has 1 saturated heterocycles. The maximum atomic E-state index is 5.84. The molecule has 1 aromatic rings. The fourth-order valence-corrected chi connectivity index (χ4v) is 3.19. The summed E-state index contributed by atoms with van der Waals surface area (Å²) in [5, 5.41) is 4.44. The number of rotatable bonds is 1. The summed E-state index contributed by atoms with van der Waals surface area (Å²) in [6.45, 7) is 2.14. The van der Waals surface area contributed by atoms with Crippen molar-refractivity contribution in [2.45, 2.75) is 18.2 Å². The normalized spacial score (nSPS) is 26.3. The first-order valence-corrected chi connectivity index (χ1v) is 6.06. The van der Waals surface area contributed by atoms with Crippen LogP contribution in [0, 0.1) is 0 Å². The van der Waals surface area contributed by atoms with Crippen LogP contribution in [-0.2, 0) is 0 Å². The van der Waals surface area contributed by atoms with E-state index in [0.29, 0.717) is 11.3 Å². The fraction of sp³-hybridized carbons (Fsp3) is 0.300. The Hall–Kier alpha value is -0.250. The molecule has 0 spiro atoms. The maximum absolute atomic E-state index is 5.84. The minimum atomic E-state index is 0.397. The Bertz CT molecular complexity index is 350. The minimum absolute atomic E-state index is 0.397. The predicted molar refractivity (Wildman–Crippen MR) is 67.0 cm³/mol. The molecule has 1 aliphatic rings. The molecule has 1 fully saturated rings. The monoisotopic (exact) mass is 243 g/mol. The number of thiocarbonyl (C=S) groups is 1. The van der Waals surface area contributed by atoms with Crippen molar-refractivity contribution >= 4 is 39.9 Å². The summed E-state index contributed by atoms with van der Waals surface area (Å²) < 4.78 is 0.887. The molecular weight excluding hydrogens is 234 g/mol. The van der Waals surface area contributed by atoms with Crippen LogP contribution >= 0.6 is 35.6 Å². The lowest BCUT2D eigenvalue weighted by molar-refractivity contribution is 0.674. The van der Waals surface area contributed by atoms with Crippen molar-refractivity contribution in [3.8, 4) is 0 Å². The van der Waals surface area contributed by atoms with Gasteiger partial charge in [-0.3, -0.25) is 0 Å². The van der Waals surface area contributed by atoms with Crippen LogP contribution in [-0.4, -0.2) is 10.4 Å². The van der Waals surface area contributed by atoms with E-state index < -0.39 is 0 Å². The fourth-order valence-electron chi connectivity index (χ4n) is 1.52. The van der Waals surface area contributed by atoms with E-state index >= 15 is 0 Å². The van der Waals surface area contributed by atoms with Crippen LogP contribution in [0.1, 0.15) is 17.7 Å². The molecule has 0 aliphatic carbocycles. The number of hydrogen-bond acceptors (Lipinski definition) is 2. The van der Waals surface area contributed by atoms with E-state index in [4.69, 9.17) is 23.8 Å². The van der Waals surface area contributed by atoms with Gasteiger partial charge in [0.2, 0.25) is 0 Å². The Labute approximate surface area is 98.2 Å². The summed E-state index contributed by atoms with van der Waals surface area (Å²) in [4.78, 5) is 0. The zero-order valence-electron chi connectivity index (χ0n) is 7.66. The highest BCUT2D eigenvalue weighted by molar-refractivity contribution is 8.23. The Balaban J connectivity index is 2.23. The molecule has 0 saturated carbocycles. The molecule has 1 aromatic carbocycles. The minimum Gasteiger partial charge on any atom is -0.367 e. The smallest absolute Gasteiger partial charge is 0.134 e. The summed E-state index contributed by atoms with van der Waals surface area (Å²) in [7, 11) is 0.